The highest BCUT2D eigenvalue weighted by Crippen LogP contribution is 2.35. The van der Waals surface area contributed by atoms with Crippen molar-refractivity contribution in [3.05, 3.63) is 66.0 Å². The maximum absolute atomic E-state index is 13.2. The third-order valence-corrected chi connectivity index (χ3v) is 5.64. The number of ether oxygens (including phenoxy) is 2. The van der Waals surface area contributed by atoms with Gasteiger partial charge >= 0.3 is 0 Å². The van der Waals surface area contributed by atoms with Gasteiger partial charge in [0.2, 0.25) is 6.79 Å². The largest absolute Gasteiger partial charge is 0.454 e. The van der Waals surface area contributed by atoms with E-state index in [9.17, 15) is 4.79 Å². The van der Waals surface area contributed by atoms with Gasteiger partial charge in [0.15, 0.2) is 11.5 Å². The molecule has 7 nitrogen and oxygen atoms in total. The number of carbonyl (C=O) groups is 1. The van der Waals surface area contributed by atoms with Crippen molar-refractivity contribution in [1.82, 2.24) is 19.9 Å². The molecule has 0 bridgehead atoms. The zero-order valence-electron chi connectivity index (χ0n) is 16.7. The molecule has 0 saturated carbocycles. The Bertz CT molecular complexity index is 1090. The van der Waals surface area contributed by atoms with Gasteiger partial charge in [0.05, 0.1) is 5.69 Å². The number of hydrogen-bond acceptors (Lipinski definition) is 6. The molecule has 1 saturated heterocycles. The number of aryl methyl sites for hydroxylation is 1. The third-order valence-electron chi connectivity index (χ3n) is 5.64. The molecule has 1 fully saturated rings. The van der Waals surface area contributed by atoms with Crippen LogP contribution in [-0.4, -0.2) is 45.6 Å². The van der Waals surface area contributed by atoms with E-state index in [4.69, 9.17) is 14.5 Å². The molecule has 152 valence electrons. The van der Waals surface area contributed by atoms with Crippen LogP contribution >= 0.6 is 0 Å². The predicted molar refractivity (Wildman–Crippen MR) is 110 cm³/mol. The Hall–Kier alpha value is -3.48. The van der Waals surface area contributed by atoms with E-state index in [0.717, 1.165) is 42.0 Å². The van der Waals surface area contributed by atoms with Gasteiger partial charge in [-0.15, -0.1) is 0 Å². The standard InChI is InChI=1S/C23H22N4O3/c1-15-25-12-19(16-6-8-24-9-7-16)22(26-15)18-3-2-10-27(13-18)23(28)17-4-5-20-21(11-17)30-14-29-20/h4-9,11-12,18H,2-3,10,13-14H2,1H3/t18-/m1/s1. The van der Waals surface area contributed by atoms with Gasteiger partial charge in [0.1, 0.15) is 5.82 Å². The summed E-state index contributed by atoms with van der Waals surface area (Å²) in [6.45, 7) is 3.46. The minimum Gasteiger partial charge on any atom is -0.454 e. The summed E-state index contributed by atoms with van der Waals surface area (Å²) in [7, 11) is 0. The lowest BCUT2D eigenvalue weighted by Gasteiger charge is -2.33. The first-order chi connectivity index (χ1) is 14.7. The molecule has 0 unspecified atom stereocenters. The molecule has 2 aliphatic heterocycles. The Labute approximate surface area is 174 Å². The van der Waals surface area contributed by atoms with Gasteiger partial charge in [-0.2, -0.15) is 0 Å². The van der Waals surface area contributed by atoms with Crippen LogP contribution < -0.4 is 9.47 Å². The molecule has 2 aromatic heterocycles. The van der Waals surface area contributed by atoms with Gasteiger partial charge in [0.25, 0.3) is 5.91 Å². The van der Waals surface area contributed by atoms with Crippen LogP contribution in [0.4, 0.5) is 0 Å². The first-order valence-corrected chi connectivity index (χ1v) is 10.1. The summed E-state index contributed by atoms with van der Waals surface area (Å²) < 4.78 is 10.8. The summed E-state index contributed by atoms with van der Waals surface area (Å²) >= 11 is 0. The Morgan fingerprint density at radius 2 is 1.97 bits per heavy atom. The highest BCUT2D eigenvalue weighted by Gasteiger charge is 2.29. The molecule has 30 heavy (non-hydrogen) atoms. The summed E-state index contributed by atoms with van der Waals surface area (Å²) in [5, 5.41) is 0. The van der Waals surface area contributed by atoms with E-state index in [1.54, 1.807) is 30.6 Å². The van der Waals surface area contributed by atoms with Crippen LogP contribution in [0.3, 0.4) is 0 Å². The maximum Gasteiger partial charge on any atom is 0.254 e. The number of fused-ring (bicyclic) bond motifs is 1. The average molecular weight is 402 g/mol. The first-order valence-electron chi connectivity index (χ1n) is 10.1. The Morgan fingerprint density at radius 1 is 1.13 bits per heavy atom. The van der Waals surface area contributed by atoms with Gasteiger partial charge in [0, 0.05) is 48.7 Å². The molecule has 3 aromatic rings. The molecule has 0 aliphatic carbocycles. The molecule has 0 radical (unpaired) electrons. The molecule has 1 aromatic carbocycles. The second-order valence-corrected chi connectivity index (χ2v) is 7.61. The van der Waals surface area contributed by atoms with E-state index in [1.807, 2.05) is 30.2 Å². The van der Waals surface area contributed by atoms with Crippen molar-refractivity contribution in [1.29, 1.82) is 0 Å². The second kappa shape index (κ2) is 7.74. The van der Waals surface area contributed by atoms with E-state index in [1.165, 1.54) is 0 Å². The molecule has 5 rings (SSSR count). The lowest BCUT2D eigenvalue weighted by molar-refractivity contribution is 0.0705. The molecule has 7 heteroatoms. The normalized spacial score (nSPS) is 17.8. The average Bonchev–Trinajstić information content (AvgIpc) is 3.27. The number of carbonyl (C=O) groups excluding carboxylic acids is 1. The number of rotatable bonds is 3. The van der Waals surface area contributed by atoms with Crippen molar-refractivity contribution in [2.45, 2.75) is 25.7 Å². The lowest BCUT2D eigenvalue weighted by atomic mass is 9.89. The van der Waals surface area contributed by atoms with Crippen LogP contribution in [0.25, 0.3) is 11.1 Å². The number of amides is 1. The zero-order chi connectivity index (χ0) is 20.5. The van der Waals surface area contributed by atoms with Gasteiger partial charge in [-0.05, 0) is 55.7 Å². The summed E-state index contributed by atoms with van der Waals surface area (Å²) in [4.78, 5) is 28.4. The number of pyridine rings is 1. The van der Waals surface area contributed by atoms with E-state index in [0.29, 0.717) is 23.6 Å². The summed E-state index contributed by atoms with van der Waals surface area (Å²) in [5.74, 6) is 2.21. The smallest absolute Gasteiger partial charge is 0.254 e. The Kier molecular flexibility index (Phi) is 4.78. The van der Waals surface area contributed by atoms with E-state index >= 15 is 0 Å². The van der Waals surface area contributed by atoms with Crippen molar-refractivity contribution in [2.75, 3.05) is 19.9 Å². The number of likely N-dealkylation sites (tertiary alicyclic amines) is 1. The van der Waals surface area contributed by atoms with E-state index in [2.05, 4.69) is 9.97 Å². The van der Waals surface area contributed by atoms with Crippen molar-refractivity contribution in [3.63, 3.8) is 0 Å². The highest BCUT2D eigenvalue weighted by molar-refractivity contribution is 5.95. The topological polar surface area (TPSA) is 77.4 Å². The van der Waals surface area contributed by atoms with Crippen molar-refractivity contribution >= 4 is 5.91 Å². The second-order valence-electron chi connectivity index (χ2n) is 7.61. The van der Waals surface area contributed by atoms with E-state index < -0.39 is 0 Å². The number of aromatic nitrogens is 3. The molecule has 0 spiro atoms. The van der Waals surface area contributed by atoms with Crippen molar-refractivity contribution in [2.24, 2.45) is 0 Å². The summed E-state index contributed by atoms with van der Waals surface area (Å²) in [6, 6.07) is 9.31. The summed E-state index contributed by atoms with van der Waals surface area (Å²) in [6.07, 6.45) is 7.34. The third kappa shape index (κ3) is 3.47. The van der Waals surface area contributed by atoms with Crippen LogP contribution in [0.5, 0.6) is 11.5 Å². The van der Waals surface area contributed by atoms with Crippen molar-refractivity contribution in [3.8, 4) is 22.6 Å². The van der Waals surface area contributed by atoms with E-state index in [-0.39, 0.29) is 18.6 Å². The molecule has 2 aliphatic rings. The number of benzene rings is 1. The quantitative estimate of drug-likeness (QED) is 0.666. The number of hydrogen-bond donors (Lipinski definition) is 0. The summed E-state index contributed by atoms with van der Waals surface area (Å²) in [5.41, 5.74) is 3.66. The minimum atomic E-state index is 0.00855. The molecular formula is C23H22N4O3. The lowest BCUT2D eigenvalue weighted by Crippen LogP contribution is -2.39. The van der Waals surface area contributed by atoms with Gasteiger partial charge < -0.3 is 14.4 Å². The highest BCUT2D eigenvalue weighted by atomic mass is 16.7. The fourth-order valence-electron chi connectivity index (χ4n) is 4.15. The molecule has 1 atom stereocenters. The Balaban J connectivity index is 1.42. The van der Waals surface area contributed by atoms with Gasteiger partial charge in [-0.3, -0.25) is 9.78 Å². The molecule has 0 N–H and O–H groups in total. The Morgan fingerprint density at radius 3 is 2.83 bits per heavy atom. The van der Waals surface area contributed by atoms with Crippen LogP contribution in [0.15, 0.2) is 48.9 Å². The van der Waals surface area contributed by atoms with Crippen LogP contribution in [0, 0.1) is 6.92 Å². The van der Waals surface area contributed by atoms with Crippen LogP contribution in [-0.2, 0) is 0 Å². The van der Waals surface area contributed by atoms with Crippen molar-refractivity contribution < 1.29 is 14.3 Å². The predicted octanol–water partition coefficient (Wildman–Crippen LogP) is 3.60. The van der Waals surface area contributed by atoms with Gasteiger partial charge in [-0.1, -0.05) is 0 Å². The minimum absolute atomic E-state index is 0.00855. The fraction of sp³-hybridized carbons (Fsp3) is 0.304. The molecular weight excluding hydrogens is 380 g/mol. The molecule has 1 amide bonds. The fourth-order valence-corrected chi connectivity index (χ4v) is 4.15. The molecule has 4 heterocycles. The van der Waals surface area contributed by atoms with Crippen LogP contribution in [0.2, 0.25) is 0 Å². The van der Waals surface area contributed by atoms with Gasteiger partial charge in [-0.25, -0.2) is 9.97 Å². The SMILES string of the molecule is Cc1ncc(-c2ccncc2)c([C@@H]2CCCN(C(=O)c3ccc4c(c3)OCO4)C2)n1. The van der Waals surface area contributed by atoms with Crippen LogP contribution in [0.1, 0.15) is 40.6 Å². The zero-order valence-corrected chi connectivity index (χ0v) is 16.7. The number of piperidine rings is 1. The maximum atomic E-state index is 13.2. The monoisotopic (exact) mass is 402 g/mol. The first kappa shape index (κ1) is 18.5. The number of nitrogens with zero attached hydrogens (tertiary/aromatic N) is 4.